The molecule has 2 heterocycles. The number of nitrogens with two attached hydrogens (primary N) is 1. The first-order valence-corrected chi connectivity index (χ1v) is 5.11. The number of thiophene rings is 1. The molecule has 0 radical (unpaired) electrons. The van der Waals surface area contributed by atoms with E-state index in [0.29, 0.717) is 5.82 Å². The minimum atomic E-state index is 0.217. The summed E-state index contributed by atoms with van der Waals surface area (Å²) in [4.78, 5) is 10.1. The van der Waals surface area contributed by atoms with E-state index in [1.165, 1.54) is 4.88 Å². The van der Waals surface area contributed by atoms with E-state index in [-0.39, 0.29) is 5.28 Å². The molecule has 0 saturated heterocycles. The van der Waals surface area contributed by atoms with Gasteiger partial charge in [0.2, 0.25) is 5.28 Å². The van der Waals surface area contributed by atoms with Gasteiger partial charge < -0.3 is 5.73 Å². The highest BCUT2D eigenvalue weighted by molar-refractivity contribution is 7.18. The molecule has 2 aromatic heterocycles. The number of hydrogen-bond donors (Lipinski definition) is 1. The van der Waals surface area contributed by atoms with Gasteiger partial charge in [-0.1, -0.05) is 6.92 Å². The van der Waals surface area contributed by atoms with Gasteiger partial charge in [0.05, 0.1) is 5.39 Å². The van der Waals surface area contributed by atoms with Crippen LogP contribution in [0.5, 0.6) is 0 Å². The lowest BCUT2D eigenvalue weighted by molar-refractivity contribution is 1.19. The maximum absolute atomic E-state index is 5.70. The van der Waals surface area contributed by atoms with Gasteiger partial charge in [-0.25, -0.2) is 9.97 Å². The van der Waals surface area contributed by atoms with Gasteiger partial charge in [0, 0.05) is 4.88 Å². The summed E-state index contributed by atoms with van der Waals surface area (Å²) < 4.78 is 0. The number of aromatic nitrogens is 2. The lowest BCUT2D eigenvalue weighted by atomic mass is 10.3. The average molecular weight is 214 g/mol. The van der Waals surface area contributed by atoms with Crippen molar-refractivity contribution in [1.29, 1.82) is 0 Å². The van der Waals surface area contributed by atoms with E-state index in [2.05, 4.69) is 16.9 Å². The molecule has 0 aliphatic heterocycles. The summed E-state index contributed by atoms with van der Waals surface area (Å²) in [6.07, 6.45) is 0.984. The van der Waals surface area contributed by atoms with Crippen molar-refractivity contribution < 1.29 is 0 Å². The van der Waals surface area contributed by atoms with E-state index in [0.717, 1.165) is 16.6 Å². The fourth-order valence-corrected chi connectivity index (χ4v) is 2.34. The summed E-state index contributed by atoms with van der Waals surface area (Å²) in [6, 6.07) is 2.02. The van der Waals surface area contributed by atoms with Crippen molar-refractivity contribution in [1.82, 2.24) is 9.97 Å². The maximum Gasteiger partial charge on any atom is 0.225 e. The Kier molecular flexibility index (Phi) is 2.09. The second kappa shape index (κ2) is 3.12. The number of rotatable bonds is 1. The normalized spacial score (nSPS) is 10.9. The Morgan fingerprint density at radius 1 is 1.54 bits per heavy atom. The lowest BCUT2D eigenvalue weighted by Crippen LogP contribution is -1.92. The van der Waals surface area contributed by atoms with Crippen LogP contribution in [-0.2, 0) is 6.42 Å². The standard InChI is InChI=1S/C8H8ClN3S/c1-2-4-3-5-6(10)11-8(9)12-7(5)13-4/h3H,2H2,1H3,(H2,10,11,12). The molecule has 0 atom stereocenters. The first-order chi connectivity index (χ1) is 6.20. The molecule has 5 heteroatoms. The molecular weight excluding hydrogens is 206 g/mol. The first kappa shape index (κ1) is 8.72. The van der Waals surface area contributed by atoms with E-state index < -0.39 is 0 Å². The number of halogens is 1. The minimum absolute atomic E-state index is 0.217. The molecule has 68 valence electrons. The molecule has 0 aliphatic carbocycles. The lowest BCUT2D eigenvalue weighted by Gasteiger charge is -1.93. The molecule has 0 fully saturated rings. The number of aryl methyl sites for hydroxylation is 1. The molecule has 0 aromatic carbocycles. The number of fused-ring (bicyclic) bond motifs is 1. The summed E-state index contributed by atoms with van der Waals surface area (Å²) in [5, 5.41) is 1.13. The number of anilines is 1. The van der Waals surface area contributed by atoms with Crippen molar-refractivity contribution in [2.75, 3.05) is 5.73 Å². The Bertz CT molecular complexity index is 452. The third-order valence-electron chi connectivity index (χ3n) is 1.79. The molecule has 2 rings (SSSR count). The zero-order valence-electron chi connectivity index (χ0n) is 7.04. The van der Waals surface area contributed by atoms with Crippen LogP contribution in [0.3, 0.4) is 0 Å². The Labute approximate surface area is 84.6 Å². The van der Waals surface area contributed by atoms with Gasteiger partial charge in [-0.3, -0.25) is 0 Å². The Balaban J connectivity index is 2.75. The van der Waals surface area contributed by atoms with Gasteiger partial charge in [0.25, 0.3) is 0 Å². The summed E-state index contributed by atoms with van der Waals surface area (Å²) >= 11 is 7.29. The molecule has 2 N–H and O–H groups in total. The van der Waals surface area contributed by atoms with Crippen molar-refractivity contribution in [3.63, 3.8) is 0 Å². The molecule has 0 spiro atoms. The van der Waals surface area contributed by atoms with Crippen molar-refractivity contribution in [2.24, 2.45) is 0 Å². The predicted molar refractivity (Wildman–Crippen MR) is 56.2 cm³/mol. The zero-order chi connectivity index (χ0) is 9.42. The van der Waals surface area contributed by atoms with Crippen LogP contribution in [0.4, 0.5) is 5.82 Å². The summed E-state index contributed by atoms with van der Waals surface area (Å²) in [5.74, 6) is 0.464. The minimum Gasteiger partial charge on any atom is -0.383 e. The second-order valence-corrected chi connectivity index (χ2v) is 4.12. The molecule has 0 bridgehead atoms. The van der Waals surface area contributed by atoms with Crippen LogP contribution in [0, 0.1) is 0 Å². The summed E-state index contributed by atoms with van der Waals surface area (Å²) in [6.45, 7) is 2.09. The van der Waals surface area contributed by atoms with E-state index in [1.807, 2.05) is 6.07 Å². The fraction of sp³-hybridized carbons (Fsp3) is 0.250. The third-order valence-corrected chi connectivity index (χ3v) is 3.14. The topological polar surface area (TPSA) is 51.8 Å². The van der Waals surface area contributed by atoms with Gasteiger partial charge in [0.1, 0.15) is 10.6 Å². The average Bonchev–Trinajstić information content (AvgIpc) is 2.47. The second-order valence-electron chi connectivity index (χ2n) is 2.66. The fourth-order valence-electron chi connectivity index (χ4n) is 1.14. The zero-order valence-corrected chi connectivity index (χ0v) is 8.61. The molecule has 0 unspecified atom stereocenters. The molecule has 0 saturated carbocycles. The highest BCUT2D eigenvalue weighted by Crippen LogP contribution is 2.28. The Morgan fingerprint density at radius 2 is 2.31 bits per heavy atom. The van der Waals surface area contributed by atoms with Crippen LogP contribution in [0.1, 0.15) is 11.8 Å². The largest absolute Gasteiger partial charge is 0.383 e. The number of nitrogen functional groups attached to an aromatic ring is 1. The number of hydrogen-bond acceptors (Lipinski definition) is 4. The van der Waals surface area contributed by atoms with Gasteiger partial charge in [-0.15, -0.1) is 11.3 Å². The first-order valence-electron chi connectivity index (χ1n) is 3.92. The quantitative estimate of drug-likeness (QED) is 0.741. The van der Waals surface area contributed by atoms with Crippen LogP contribution in [-0.4, -0.2) is 9.97 Å². The highest BCUT2D eigenvalue weighted by atomic mass is 35.5. The molecule has 2 aromatic rings. The van der Waals surface area contributed by atoms with Gasteiger partial charge >= 0.3 is 0 Å². The van der Waals surface area contributed by atoms with Crippen molar-refractivity contribution in [3.8, 4) is 0 Å². The smallest absolute Gasteiger partial charge is 0.225 e. The van der Waals surface area contributed by atoms with Crippen LogP contribution in [0.2, 0.25) is 5.28 Å². The van der Waals surface area contributed by atoms with E-state index in [4.69, 9.17) is 17.3 Å². The number of nitrogens with zero attached hydrogens (tertiary/aromatic N) is 2. The van der Waals surface area contributed by atoms with Crippen LogP contribution in [0.15, 0.2) is 6.07 Å². The Hall–Kier alpha value is -0.870. The third kappa shape index (κ3) is 1.47. The van der Waals surface area contributed by atoms with Crippen molar-refractivity contribution >= 4 is 39.0 Å². The predicted octanol–water partition coefficient (Wildman–Crippen LogP) is 2.49. The molecule has 0 amide bonds. The molecular formula is C8H8ClN3S. The van der Waals surface area contributed by atoms with Crippen LogP contribution in [0.25, 0.3) is 10.2 Å². The highest BCUT2D eigenvalue weighted by Gasteiger charge is 2.07. The van der Waals surface area contributed by atoms with E-state index >= 15 is 0 Å². The monoisotopic (exact) mass is 213 g/mol. The Morgan fingerprint density at radius 3 is 3.00 bits per heavy atom. The SMILES string of the molecule is CCc1cc2c(N)nc(Cl)nc2s1. The molecule has 0 aliphatic rings. The van der Waals surface area contributed by atoms with Crippen LogP contribution < -0.4 is 5.73 Å². The van der Waals surface area contributed by atoms with Crippen LogP contribution >= 0.6 is 22.9 Å². The molecule has 3 nitrogen and oxygen atoms in total. The van der Waals surface area contributed by atoms with Crippen molar-refractivity contribution in [3.05, 3.63) is 16.2 Å². The summed E-state index contributed by atoms with van der Waals surface area (Å²) in [7, 11) is 0. The van der Waals surface area contributed by atoms with E-state index in [9.17, 15) is 0 Å². The van der Waals surface area contributed by atoms with Crippen molar-refractivity contribution in [2.45, 2.75) is 13.3 Å². The van der Waals surface area contributed by atoms with Gasteiger partial charge in [-0.05, 0) is 24.1 Å². The maximum atomic E-state index is 5.70. The van der Waals surface area contributed by atoms with E-state index in [1.54, 1.807) is 11.3 Å². The summed E-state index contributed by atoms with van der Waals surface area (Å²) in [5.41, 5.74) is 5.70. The molecule has 13 heavy (non-hydrogen) atoms. The van der Waals surface area contributed by atoms with Gasteiger partial charge in [-0.2, -0.15) is 0 Å². The van der Waals surface area contributed by atoms with Gasteiger partial charge in [0.15, 0.2) is 0 Å².